The minimum absolute atomic E-state index is 0.331. The maximum atomic E-state index is 12.8. The normalized spacial score (nSPS) is 17.6. The third-order valence-corrected chi connectivity index (χ3v) is 8.63. The number of benzene rings is 3. The fourth-order valence-electron chi connectivity index (χ4n) is 4.64. The molecule has 2 heterocycles. The Morgan fingerprint density at radius 2 is 1.66 bits per heavy atom. The number of imide groups is 1. The number of likely N-dealkylation sites (tertiary alicyclic amines) is 1. The zero-order valence-corrected chi connectivity index (χ0v) is 21.7. The van der Waals surface area contributed by atoms with E-state index < -0.39 is 0 Å². The molecular weight excluding hydrogens is 499 g/mol. The van der Waals surface area contributed by atoms with Gasteiger partial charge in [-0.3, -0.25) is 0 Å². The number of hydrogen-bond donors (Lipinski definition) is 1. The predicted octanol–water partition coefficient (Wildman–Crippen LogP) is 3.99. The van der Waals surface area contributed by atoms with E-state index in [1.54, 1.807) is 13.2 Å². The van der Waals surface area contributed by atoms with Crippen molar-refractivity contribution in [3.8, 4) is 16.9 Å². The number of ether oxygens (including phenoxy) is 1. The van der Waals surface area contributed by atoms with E-state index in [2.05, 4.69) is 34.5 Å². The van der Waals surface area contributed by atoms with Crippen LogP contribution < -0.4 is 14.4 Å². The monoisotopic (exact) mass is 527 g/mol. The summed E-state index contributed by atoms with van der Waals surface area (Å²) < 4.78 is 6.58. The standard InChI is InChI=1S/C29H28AsN2O3/c1-35-24-7-5-6-21(16-24)22-10-13-25-26(17-22)27(29(34)31-28(25)33)18-30-23-11-8-20(9-12-23)19-32-14-3-2-4-15-32/h5-13,16-18H,2-4,14-15,19H2,1H3,(H,31,33,34). The summed E-state index contributed by atoms with van der Waals surface area (Å²) in [5.74, 6) is 0.0820. The molecule has 2 aliphatic rings. The molecule has 0 bridgehead atoms. The SMILES string of the molecule is COc1cccc(-c2ccc3c(c2)C(=C[As]c2ccc(CN4CCCCC4)cc2)C(=O)NC3=O)c1. The van der Waals surface area contributed by atoms with Gasteiger partial charge in [-0.15, -0.1) is 0 Å². The van der Waals surface area contributed by atoms with Gasteiger partial charge < -0.3 is 0 Å². The second kappa shape index (κ2) is 10.6. The second-order valence-corrected chi connectivity index (χ2v) is 11.1. The van der Waals surface area contributed by atoms with Crippen LogP contribution in [0.15, 0.2) is 71.6 Å². The van der Waals surface area contributed by atoms with Gasteiger partial charge in [0, 0.05) is 0 Å². The molecule has 0 aliphatic carbocycles. The number of fused-ring (bicyclic) bond motifs is 1. The predicted molar refractivity (Wildman–Crippen MR) is 140 cm³/mol. The molecule has 5 nitrogen and oxygen atoms in total. The van der Waals surface area contributed by atoms with Gasteiger partial charge in [-0.25, -0.2) is 0 Å². The second-order valence-electron chi connectivity index (χ2n) is 8.95. The Kier molecular flexibility index (Phi) is 7.17. The van der Waals surface area contributed by atoms with E-state index in [4.69, 9.17) is 4.74 Å². The number of amides is 2. The van der Waals surface area contributed by atoms with Gasteiger partial charge in [-0.2, -0.15) is 0 Å². The van der Waals surface area contributed by atoms with E-state index in [0.717, 1.165) is 23.4 Å². The summed E-state index contributed by atoms with van der Waals surface area (Å²) in [5.41, 5.74) is 5.04. The molecule has 1 N–H and O–H groups in total. The van der Waals surface area contributed by atoms with Crippen LogP contribution >= 0.6 is 0 Å². The number of nitrogens with one attached hydrogen (secondary N) is 1. The first-order chi connectivity index (χ1) is 17.1. The van der Waals surface area contributed by atoms with Gasteiger partial charge >= 0.3 is 213 Å². The van der Waals surface area contributed by atoms with Gasteiger partial charge in [0.05, 0.1) is 0 Å². The molecule has 0 spiro atoms. The van der Waals surface area contributed by atoms with Crippen molar-refractivity contribution in [3.63, 3.8) is 0 Å². The van der Waals surface area contributed by atoms with Crippen LogP contribution in [0.1, 0.15) is 40.7 Å². The zero-order chi connectivity index (χ0) is 24.2. The van der Waals surface area contributed by atoms with Crippen molar-refractivity contribution in [1.82, 2.24) is 10.2 Å². The number of rotatable bonds is 6. The number of hydrogen-bond acceptors (Lipinski definition) is 4. The summed E-state index contributed by atoms with van der Waals surface area (Å²) in [5, 5.41) is 2.50. The number of carbonyl (C=O) groups is 2. The number of methoxy groups -OCH3 is 1. The summed E-state index contributed by atoms with van der Waals surface area (Å²) >= 11 is -0.370. The summed E-state index contributed by atoms with van der Waals surface area (Å²) in [6.45, 7) is 3.37. The Bertz CT molecular complexity index is 1280. The van der Waals surface area contributed by atoms with Crippen LogP contribution in [0, 0.1) is 0 Å². The van der Waals surface area contributed by atoms with E-state index in [-0.39, 0.29) is 27.6 Å². The average molecular weight is 527 g/mol. The molecule has 1 saturated heterocycles. The molecule has 0 saturated carbocycles. The Hall–Kier alpha value is -3.14. The van der Waals surface area contributed by atoms with Crippen molar-refractivity contribution in [3.05, 3.63) is 88.3 Å². The van der Waals surface area contributed by atoms with E-state index in [1.165, 1.54) is 42.3 Å². The van der Waals surface area contributed by atoms with Crippen molar-refractivity contribution in [2.24, 2.45) is 0 Å². The van der Waals surface area contributed by atoms with Crippen LogP contribution in [-0.4, -0.2) is 52.7 Å². The molecule has 1 radical (unpaired) electrons. The van der Waals surface area contributed by atoms with Crippen LogP contribution in [0.3, 0.4) is 0 Å². The topological polar surface area (TPSA) is 58.6 Å². The first-order valence-corrected chi connectivity index (χ1v) is 14.0. The fourth-order valence-corrected chi connectivity index (χ4v) is 6.43. The minimum atomic E-state index is -0.370. The van der Waals surface area contributed by atoms with Crippen LogP contribution in [-0.2, 0) is 11.3 Å². The molecule has 2 aliphatic heterocycles. The Labute approximate surface area is 212 Å². The summed E-state index contributed by atoms with van der Waals surface area (Å²) in [4.78, 5) is 29.8. The quantitative estimate of drug-likeness (QED) is 0.299. The van der Waals surface area contributed by atoms with Crippen molar-refractivity contribution in [2.75, 3.05) is 20.2 Å². The zero-order valence-electron chi connectivity index (χ0n) is 19.8. The Morgan fingerprint density at radius 1 is 0.886 bits per heavy atom. The van der Waals surface area contributed by atoms with Gasteiger partial charge in [0.25, 0.3) is 0 Å². The molecule has 0 unspecified atom stereocenters. The fraction of sp³-hybridized carbons (Fsp3) is 0.241. The molecule has 1 fully saturated rings. The van der Waals surface area contributed by atoms with Gasteiger partial charge in [-0.05, 0) is 0 Å². The molecule has 3 aromatic rings. The van der Waals surface area contributed by atoms with Gasteiger partial charge in [0.1, 0.15) is 0 Å². The molecule has 0 aromatic heterocycles. The molecule has 5 rings (SSSR count). The van der Waals surface area contributed by atoms with Crippen LogP contribution in [0.4, 0.5) is 0 Å². The number of carbonyl (C=O) groups excluding carboxylic acids is 2. The number of piperidine rings is 1. The summed E-state index contributed by atoms with van der Waals surface area (Å²) in [7, 11) is 1.64. The van der Waals surface area contributed by atoms with E-state index >= 15 is 0 Å². The van der Waals surface area contributed by atoms with Crippen molar-refractivity contribution < 1.29 is 14.3 Å². The third-order valence-electron chi connectivity index (χ3n) is 6.56. The maximum absolute atomic E-state index is 12.8. The molecule has 177 valence electrons. The van der Waals surface area contributed by atoms with Crippen LogP contribution in [0.25, 0.3) is 16.7 Å². The van der Waals surface area contributed by atoms with Crippen molar-refractivity contribution >= 4 is 37.5 Å². The van der Waals surface area contributed by atoms with E-state index in [1.807, 2.05) is 41.3 Å². The van der Waals surface area contributed by atoms with Crippen LogP contribution in [0.2, 0.25) is 0 Å². The molecule has 35 heavy (non-hydrogen) atoms. The van der Waals surface area contributed by atoms with Gasteiger partial charge in [-0.1, -0.05) is 0 Å². The summed E-state index contributed by atoms with van der Waals surface area (Å²) in [6.07, 6.45) is 3.93. The molecule has 3 aromatic carbocycles. The van der Waals surface area contributed by atoms with Gasteiger partial charge in [0.2, 0.25) is 0 Å². The molecule has 6 heteroatoms. The molecule has 2 amide bonds. The van der Waals surface area contributed by atoms with E-state index in [9.17, 15) is 9.59 Å². The first kappa shape index (κ1) is 23.6. The third kappa shape index (κ3) is 5.42. The Morgan fingerprint density at radius 3 is 2.43 bits per heavy atom. The van der Waals surface area contributed by atoms with Crippen LogP contribution in [0.5, 0.6) is 5.75 Å². The summed E-state index contributed by atoms with van der Waals surface area (Å²) in [6, 6.07) is 22.2. The average Bonchev–Trinajstić information content (AvgIpc) is 2.90. The van der Waals surface area contributed by atoms with Crippen molar-refractivity contribution in [1.29, 1.82) is 0 Å². The van der Waals surface area contributed by atoms with Crippen molar-refractivity contribution in [2.45, 2.75) is 25.8 Å². The molecule has 0 atom stereocenters. The molecular formula is C29H28AsN2O3. The first-order valence-electron chi connectivity index (χ1n) is 12.0. The number of nitrogens with zero attached hydrogens (tertiary/aromatic N) is 1. The van der Waals surface area contributed by atoms with E-state index in [0.29, 0.717) is 16.7 Å². The Balaban J connectivity index is 1.38. The van der Waals surface area contributed by atoms with Gasteiger partial charge in [0.15, 0.2) is 0 Å².